The molecule has 1 aliphatic heterocycles. The van der Waals surface area contributed by atoms with Crippen molar-refractivity contribution in [2.75, 3.05) is 25.6 Å². The number of rotatable bonds is 4. The Hall–Kier alpha value is -0.0200. The number of likely N-dealkylation sites (tertiary alicyclic amines) is 1. The van der Waals surface area contributed by atoms with Crippen LogP contribution in [0.2, 0.25) is 0 Å². The van der Waals surface area contributed by atoms with Crippen molar-refractivity contribution in [3.05, 3.63) is 0 Å². The summed E-state index contributed by atoms with van der Waals surface area (Å²) in [5.74, 6) is 2.80. The van der Waals surface area contributed by atoms with Gasteiger partial charge in [0, 0.05) is 6.54 Å². The summed E-state index contributed by atoms with van der Waals surface area (Å²) < 4.78 is 0. The number of carbonyl (C=O) groups excluding carboxylic acids is 1. The van der Waals surface area contributed by atoms with E-state index in [2.05, 4.69) is 25.1 Å². The Morgan fingerprint density at radius 2 is 2.21 bits per heavy atom. The lowest BCUT2D eigenvalue weighted by Crippen LogP contribution is -2.35. The molecular weight excluding hydrogens is 194 g/mol. The molecule has 0 bridgehead atoms. The zero-order chi connectivity index (χ0) is 10.7. The van der Waals surface area contributed by atoms with E-state index in [4.69, 9.17) is 0 Å². The van der Waals surface area contributed by atoms with Crippen molar-refractivity contribution in [1.82, 2.24) is 4.90 Å². The van der Waals surface area contributed by atoms with Crippen LogP contribution in [0.25, 0.3) is 0 Å². The quantitative estimate of drug-likeness (QED) is 0.714. The summed E-state index contributed by atoms with van der Waals surface area (Å²) in [4.78, 5) is 13.8. The van der Waals surface area contributed by atoms with Gasteiger partial charge in [-0.25, -0.2) is 0 Å². The van der Waals surface area contributed by atoms with Gasteiger partial charge in [0.2, 0.25) is 0 Å². The van der Waals surface area contributed by atoms with Crippen molar-refractivity contribution >= 4 is 17.5 Å². The highest BCUT2D eigenvalue weighted by Crippen LogP contribution is 2.33. The molecule has 0 aromatic carbocycles. The van der Waals surface area contributed by atoms with Gasteiger partial charge in [-0.2, -0.15) is 11.8 Å². The third kappa shape index (κ3) is 2.31. The number of ketones is 1. The first kappa shape index (κ1) is 12.1. The van der Waals surface area contributed by atoms with Gasteiger partial charge in [0.05, 0.1) is 6.04 Å². The van der Waals surface area contributed by atoms with Gasteiger partial charge in [-0.3, -0.25) is 9.69 Å². The lowest BCUT2D eigenvalue weighted by molar-refractivity contribution is -0.122. The Labute approximate surface area is 91.4 Å². The second-order valence-corrected chi connectivity index (χ2v) is 5.19. The molecule has 0 spiro atoms. The van der Waals surface area contributed by atoms with Gasteiger partial charge in [0.1, 0.15) is 5.78 Å². The van der Waals surface area contributed by atoms with Crippen LogP contribution in [-0.4, -0.2) is 42.3 Å². The van der Waals surface area contributed by atoms with Crippen LogP contribution in [0, 0.1) is 11.8 Å². The zero-order valence-electron chi connectivity index (χ0n) is 9.62. The summed E-state index contributed by atoms with van der Waals surface area (Å²) >= 11 is 1.90. The van der Waals surface area contributed by atoms with Gasteiger partial charge in [0.25, 0.3) is 0 Å². The third-order valence-corrected chi connectivity index (χ3v) is 4.04. The molecule has 0 aromatic rings. The SMILES string of the molecule is CCC1C(CSC)CN(C)C1C(C)=O. The molecule has 1 aliphatic rings. The van der Waals surface area contributed by atoms with Crippen LogP contribution in [0.15, 0.2) is 0 Å². The molecule has 3 heteroatoms. The molecule has 1 rings (SSSR count). The maximum Gasteiger partial charge on any atom is 0.147 e. The Kier molecular flexibility index (Phi) is 4.45. The zero-order valence-corrected chi connectivity index (χ0v) is 10.4. The van der Waals surface area contributed by atoms with E-state index in [-0.39, 0.29) is 6.04 Å². The van der Waals surface area contributed by atoms with Crippen molar-refractivity contribution < 1.29 is 4.79 Å². The van der Waals surface area contributed by atoms with Crippen molar-refractivity contribution in [3.8, 4) is 0 Å². The molecule has 1 heterocycles. The van der Waals surface area contributed by atoms with Gasteiger partial charge in [0.15, 0.2) is 0 Å². The monoisotopic (exact) mass is 215 g/mol. The van der Waals surface area contributed by atoms with E-state index in [0.717, 1.165) is 13.0 Å². The smallest absolute Gasteiger partial charge is 0.147 e. The summed E-state index contributed by atoms with van der Waals surface area (Å²) in [6, 6.07) is 0.178. The molecule has 3 unspecified atom stereocenters. The second-order valence-electron chi connectivity index (χ2n) is 4.28. The van der Waals surface area contributed by atoms with E-state index in [0.29, 0.717) is 17.6 Å². The van der Waals surface area contributed by atoms with Crippen LogP contribution in [-0.2, 0) is 4.79 Å². The predicted molar refractivity (Wildman–Crippen MR) is 62.8 cm³/mol. The van der Waals surface area contributed by atoms with Gasteiger partial charge in [-0.1, -0.05) is 13.3 Å². The van der Waals surface area contributed by atoms with E-state index in [9.17, 15) is 4.79 Å². The largest absolute Gasteiger partial charge is 0.298 e. The molecular formula is C11H21NOS. The number of nitrogens with zero attached hydrogens (tertiary/aromatic N) is 1. The van der Waals surface area contributed by atoms with E-state index in [1.807, 2.05) is 11.8 Å². The summed E-state index contributed by atoms with van der Waals surface area (Å²) in [6.07, 6.45) is 3.27. The fourth-order valence-corrected chi connectivity index (χ4v) is 3.54. The second kappa shape index (κ2) is 5.17. The molecule has 1 saturated heterocycles. The minimum Gasteiger partial charge on any atom is -0.298 e. The Morgan fingerprint density at radius 1 is 1.57 bits per heavy atom. The molecule has 1 fully saturated rings. The number of hydrogen-bond donors (Lipinski definition) is 0. The van der Waals surface area contributed by atoms with E-state index < -0.39 is 0 Å². The first-order valence-corrected chi connectivity index (χ1v) is 6.70. The first-order valence-electron chi connectivity index (χ1n) is 5.31. The first-order chi connectivity index (χ1) is 6.61. The average molecular weight is 215 g/mol. The van der Waals surface area contributed by atoms with E-state index in [1.54, 1.807) is 6.92 Å². The highest BCUT2D eigenvalue weighted by molar-refractivity contribution is 7.98. The Balaban J connectivity index is 2.71. The fourth-order valence-electron chi connectivity index (χ4n) is 2.76. The summed E-state index contributed by atoms with van der Waals surface area (Å²) in [7, 11) is 2.08. The van der Waals surface area contributed by atoms with E-state index >= 15 is 0 Å². The molecule has 3 atom stereocenters. The Bertz CT molecular complexity index is 207. The highest BCUT2D eigenvalue weighted by atomic mass is 32.2. The summed E-state index contributed by atoms with van der Waals surface area (Å²) in [5, 5.41) is 0. The van der Waals surface area contributed by atoms with E-state index in [1.165, 1.54) is 5.75 Å². The topological polar surface area (TPSA) is 20.3 Å². The van der Waals surface area contributed by atoms with Crippen LogP contribution in [0.1, 0.15) is 20.3 Å². The van der Waals surface area contributed by atoms with Crippen LogP contribution in [0.5, 0.6) is 0 Å². The molecule has 0 aliphatic carbocycles. The molecule has 82 valence electrons. The number of Topliss-reactive ketones (excluding diaryl/α,β-unsaturated/α-hetero) is 1. The maximum absolute atomic E-state index is 11.5. The van der Waals surface area contributed by atoms with Crippen molar-refractivity contribution in [3.63, 3.8) is 0 Å². The molecule has 0 N–H and O–H groups in total. The van der Waals surface area contributed by atoms with Crippen molar-refractivity contribution in [2.24, 2.45) is 11.8 Å². The van der Waals surface area contributed by atoms with Crippen LogP contribution in [0.3, 0.4) is 0 Å². The molecule has 0 amide bonds. The summed E-state index contributed by atoms with van der Waals surface area (Å²) in [6.45, 7) is 5.02. The van der Waals surface area contributed by atoms with Crippen molar-refractivity contribution in [2.45, 2.75) is 26.3 Å². The van der Waals surface area contributed by atoms with Crippen LogP contribution >= 0.6 is 11.8 Å². The van der Waals surface area contributed by atoms with Crippen LogP contribution < -0.4 is 0 Å². The third-order valence-electron chi connectivity index (χ3n) is 3.28. The number of hydrogen-bond acceptors (Lipinski definition) is 3. The lowest BCUT2D eigenvalue weighted by Gasteiger charge is -2.22. The molecule has 14 heavy (non-hydrogen) atoms. The molecule has 2 nitrogen and oxygen atoms in total. The Morgan fingerprint density at radius 3 is 2.64 bits per heavy atom. The van der Waals surface area contributed by atoms with Crippen molar-refractivity contribution in [1.29, 1.82) is 0 Å². The minimum absolute atomic E-state index is 0.178. The molecule has 0 aromatic heterocycles. The van der Waals surface area contributed by atoms with Crippen LogP contribution in [0.4, 0.5) is 0 Å². The van der Waals surface area contributed by atoms with Gasteiger partial charge >= 0.3 is 0 Å². The number of thioether (sulfide) groups is 1. The van der Waals surface area contributed by atoms with Gasteiger partial charge in [-0.15, -0.1) is 0 Å². The number of likely N-dealkylation sites (N-methyl/N-ethyl adjacent to an activating group) is 1. The normalized spacial score (nSPS) is 33.6. The van der Waals surface area contributed by atoms with Gasteiger partial charge < -0.3 is 0 Å². The number of carbonyl (C=O) groups is 1. The standard InChI is InChI=1S/C11H21NOS/c1-5-10-9(7-14-4)6-12(3)11(10)8(2)13/h9-11H,5-7H2,1-4H3. The minimum atomic E-state index is 0.178. The fraction of sp³-hybridized carbons (Fsp3) is 0.909. The lowest BCUT2D eigenvalue weighted by atomic mass is 9.88. The molecule has 0 saturated carbocycles. The predicted octanol–water partition coefficient (Wildman–Crippen LogP) is 1.89. The molecule has 0 radical (unpaired) electrons. The summed E-state index contributed by atoms with van der Waals surface area (Å²) in [5.41, 5.74) is 0. The highest BCUT2D eigenvalue weighted by Gasteiger charge is 2.40. The maximum atomic E-state index is 11.5. The average Bonchev–Trinajstić information content (AvgIpc) is 2.42. The van der Waals surface area contributed by atoms with Gasteiger partial charge in [-0.05, 0) is 37.8 Å².